The first kappa shape index (κ1) is 13.8. The maximum Gasteiger partial charge on any atom is 0.224 e. The summed E-state index contributed by atoms with van der Waals surface area (Å²) < 4.78 is 25.0. The zero-order valence-electron chi connectivity index (χ0n) is 10.1. The van der Waals surface area contributed by atoms with Gasteiger partial charge in [0.05, 0.1) is 0 Å². The van der Waals surface area contributed by atoms with Gasteiger partial charge in [-0.05, 0) is 44.7 Å². The van der Waals surface area contributed by atoms with Gasteiger partial charge in [-0.3, -0.25) is 0 Å². The van der Waals surface area contributed by atoms with Crippen LogP contribution >= 0.6 is 15.9 Å². The van der Waals surface area contributed by atoms with Gasteiger partial charge in [-0.25, -0.2) is 12.7 Å². The third-order valence-corrected chi connectivity index (χ3v) is 6.98. The zero-order chi connectivity index (χ0) is 12.3. The molecule has 0 atom stereocenters. The van der Waals surface area contributed by atoms with Crippen LogP contribution in [0.2, 0.25) is 0 Å². The topological polar surface area (TPSA) is 40.6 Å². The molecule has 0 radical (unpaired) electrons. The lowest BCUT2D eigenvalue weighted by atomic mass is 9.98. The summed E-state index contributed by atoms with van der Waals surface area (Å²) in [5.74, 6) is 0.690. The normalized spacial score (nSPS) is 25.5. The summed E-state index contributed by atoms with van der Waals surface area (Å²) in [5, 5.41) is 0. The molecule has 2 saturated heterocycles. The molecular formula is C11H21BrN2O2S. The number of rotatable bonds is 4. The lowest BCUT2D eigenvalue weighted by Crippen LogP contribution is -2.41. The summed E-state index contributed by atoms with van der Waals surface area (Å²) in [6.07, 6.45) is 4.69. The summed E-state index contributed by atoms with van der Waals surface area (Å²) >= 11 is 3.05. The molecule has 100 valence electrons. The van der Waals surface area contributed by atoms with Crippen molar-refractivity contribution in [1.29, 1.82) is 0 Å². The molecule has 0 spiro atoms. The average molecular weight is 325 g/mol. The lowest BCUT2D eigenvalue weighted by Gasteiger charge is -2.32. The van der Waals surface area contributed by atoms with Crippen LogP contribution in [0, 0.1) is 5.92 Å². The van der Waals surface area contributed by atoms with Crippen molar-refractivity contribution in [2.24, 2.45) is 5.92 Å². The molecule has 4 nitrogen and oxygen atoms in total. The summed E-state index contributed by atoms with van der Waals surface area (Å²) in [6.45, 7) is 5.04. The molecule has 0 aliphatic carbocycles. The van der Waals surface area contributed by atoms with Crippen LogP contribution in [0.3, 0.4) is 0 Å². The SMILES string of the molecule is O=S(=O)(CBr)N1CCC(CN2CCCC2)CC1. The Balaban J connectivity index is 1.77. The largest absolute Gasteiger partial charge is 0.303 e. The molecular weight excluding hydrogens is 304 g/mol. The molecule has 0 N–H and O–H groups in total. The number of piperidine rings is 1. The summed E-state index contributed by atoms with van der Waals surface area (Å²) in [5.41, 5.74) is 0. The molecule has 6 heteroatoms. The van der Waals surface area contributed by atoms with Crippen molar-refractivity contribution in [3.63, 3.8) is 0 Å². The van der Waals surface area contributed by atoms with E-state index in [2.05, 4.69) is 20.8 Å². The van der Waals surface area contributed by atoms with Gasteiger partial charge in [-0.15, -0.1) is 0 Å². The minimum absolute atomic E-state index is 0.0524. The summed E-state index contributed by atoms with van der Waals surface area (Å²) in [4.78, 5) is 2.53. The second kappa shape index (κ2) is 5.99. The first-order valence-electron chi connectivity index (χ1n) is 6.38. The fourth-order valence-electron chi connectivity index (χ4n) is 2.77. The predicted octanol–water partition coefficient (Wildman–Crippen LogP) is 1.48. The van der Waals surface area contributed by atoms with Gasteiger partial charge >= 0.3 is 0 Å². The van der Waals surface area contributed by atoms with E-state index in [0.29, 0.717) is 19.0 Å². The molecule has 2 rings (SSSR count). The number of sulfonamides is 1. The molecule has 2 aliphatic rings. The lowest BCUT2D eigenvalue weighted by molar-refractivity contribution is 0.206. The van der Waals surface area contributed by atoms with Crippen LogP contribution < -0.4 is 0 Å². The van der Waals surface area contributed by atoms with Crippen molar-refractivity contribution in [2.75, 3.05) is 37.4 Å². The van der Waals surface area contributed by atoms with Gasteiger partial charge in [0.25, 0.3) is 0 Å². The minimum Gasteiger partial charge on any atom is -0.303 e. The Morgan fingerprint density at radius 2 is 1.65 bits per heavy atom. The van der Waals surface area contributed by atoms with Crippen molar-refractivity contribution in [3.05, 3.63) is 0 Å². The zero-order valence-corrected chi connectivity index (χ0v) is 12.5. The van der Waals surface area contributed by atoms with Crippen molar-refractivity contribution in [3.8, 4) is 0 Å². The van der Waals surface area contributed by atoms with Gasteiger partial charge in [0.1, 0.15) is 4.66 Å². The van der Waals surface area contributed by atoms with E-state index in [9.17, 15) is 8.42 Å². The van der Waals surface area contributed by atoms with E-state index < -0.39 is 10.0 Å². The van der Waals surface area contributed by atoms with Crippen LogP contribution in [0.15, 0.2) is 0 Å². The Hall–Kier alpha value is 0.350. The van der Waals surface area contributed by atoms with E-state index in [1.807, 2.05) is 0 Å². The Morgan fingerprint density at radius 3 is 2.18 bits per heavy atom. The second-order valence-electron chi connectivity index (χ2n) is 5.07. The summed E-state index contributed by atoms with van der Waals surface area (Å²) in [7, 11) is -3.04. The highest BCUT2D eigenvalue weighted by Crippen LogP contribution is 2.22. The van der Waals surface area contributed by atoms with E-state index >= 15 is 0 Å². The molecule has 0 aromatic rings. The highest BCUT2D eigenvalue weighted by Gasteiger charge is 2.28. The molecule has 2 heterocycles. The first-order chi connectivity index (χ1) is 8.12. The molecule has 0 bridgehead atoms. The first-order valence-corrected chi connectivity index (χ1v) is 9.11. The molecule has 0 saturated carbocycles. The number of alkyl halides is 1. The molecule has 0 unspecified atom stereocenters. The Bertz CT molecular complexity index is 333. The Kier molecular flexibility index (Phi) is 4.86. The predicted molar refractivity (Wildman–Crippen MR) is 72.7 cm³/mol. The number of hydrogen-bond acceptors (Lipinski definition) is 3. The van der Waals surface area contributed by atoms with E-state index in [1.54, 1.807) is 4.31 Å². The van der Waals surface area contributed by atoms with Crippen LogP contribution in [-0.4, -0.2) is 55.0 Å². The quantitative estimate of drug-likeness (QED) is 0.735. The van der Waals surface area contributed by atoms with Crippen LogP contribution in [-0.2, 0) is 10.0 Å². The maximum absolute atomic E-state index is 11.7. The van der Waals surface area contributed by atoms with Crippen molar-refractivity contribution in [1.82, 2.24) is 9.21 Å². The van der Waals surface area contributed by atoms with Gasteiger partial charge in [0.15, 0.2) is 0 Å². The van der Waals surface area contributed by atoms with Crippen LogP contribution in [0.25, 0.3) is 0 Å². The monoisotopic (exact) mass is 324 g/mol. The van der Waals surface area contributed by atoms with Gasteiger partial charge in [-0.2, -0.15) is 0 Å². The number of likely N-dealkylation sites (tertiary alicyclic amines) is 1. The number of nitrogens with zero attached hydrogens (tertiary/aromatic N) is 2. The van der Waals surface area contributed by atoms with Gasteiger partial charge in [-0.1, -0.05) is 15.9 Å². The van der Waals surface area contributed by atoms with E-state index in [0.717, 1.165) is 12.8 Å². The smallest absolute Gasteiger partial charge is 0.224 e. The standard InChI is InChI=1S/C11H21BrN2O2S/c12-10-17(15,16)14-7-3-11(4-8-14)9-13-5-1-2-6-13/h11H,1-10H2. The number of halogens is 1. The van der Waals surface area contributed by atoms with Gasteiger partial charge in [0, 0.05) is 19.6 Å². The van der Waals surface area contributed by atoms with Crippen molar-refractivity contribution < 1.29 is 8.42 Å². The van der Waals surface area contributed by atoms with E-state index in [-0.39, 0.29) is 4.66 Å². The van der Waals surface area contributed by atoms with Crippen LogP contribution in [0.1, 0.15) is 25.7 Å². The van der Waals surface area contributed by atoms with Crippen LogP contribution in [0.4, 0.5) is 0 Å². The molecule has 2 aliphatic heterocycles. The third kappa shape index (κ3) is 3.66. The fourth-order valence-corrected chi connectivity index (χ4v) is 4.54. The Labute approximate surface area is 113 Å². The molecule has 0 amide bonds. The molecule has 0 aromatic heterocycles. The highest BCUT2D eigenvalue weighted by molar-refractivity contribution is 9.10. The van der Waals surface area contributed by atoms with Crippen molar-refractivity contribution >= 4 is 26.0 Å². The van der Waals surface area contributed by atoms with E-state index in [1.165, 1.54) is 32.5 Å². The van der Waals surface area contributed by atoms with Gasteiger partial charge < -0.3 is 4.90 Å². The summed E-state index contributed by atoms with van der Waals surface area (Å²) in [6, 6.07) is 0. The maximum atomic E-state index is 11.7. The third-order valence-electron chi connectivity index (χ3n) is 3.82. The van der Waals surface area contributed by atoms with E-state index in [4.69, 9.17) is 0 Å². The fraction of sp³-hybridized carbons (Fsp3) is 1.00. The number of hydrogen-bond donors (Lipinski definition) is 0. The van der Waals surface area contributed by atoms with Crippen molar-refractivity contribution in [2.45, 2.75) is 25.7 Å². The van der Waals surface area contributed by atoms with Gasteiger partial charge in [0.2, 0.25) is 10.0 Å². The Morgan fingerprint density at radius 1 is 1.06 bits per heavy atom. The molecule has 2 fully saturated rings. The molecule has 0 aromatic carbocycles. The second-order valence-corrected chi connectivity index (χ2v) is 8.34. The van der Waals surface area contributed by atoms with Crippen LogP contribution in [0.5, 0.6) is 0 Å². The average Bonchev–Trinajstić information content (AvgIpc) is 2.83. The molecule has 17 heavy (non-hydrogen) atoms. The minimum atomic E-state index is -3.04. The highest BCUT2D eigenvalue weighted by atomic mass is 79.9.